The number of hydrogen-bond donors (Lipinski definition) is 3. The third-order valence-electron chi connectivity index (χ3n) is 3.63. The summed E-state index contributed by atoms with van der Waals surface area (Å²) in [6, 6.07) is 5.85. The van der Waals surface area contributed by atoms with Crippen LogP contribution in [0.3, 0.4) is 0 Å². The van der Waals surface area contributed by atoms with E-state index in [0.717, 1.165) is 23.2 Å². The summed E-state index contributed by atoms with van der Waals surface area (Å²) in [5.74, 6) is -1.62. The first-order valence-electron chi connectivity index (χ1n) is 7.07. The molecule has 0 saturated carbocycles. The highest BCUT2D eigenvalue weighted by molar-refractivity contribution is 5.95. The molecule has 0 radical (unpaired) electrons. The molecule has 0 saturated heterocycles. The molecule has 0 fully saturated rings. The number of amides is 1. The summed E-state index contributed by atoms with van der Waals surface area (Å²) in [5, 5.41) is 18.5. The highest BCUT2D eigenvalue weighted by atomic mass is 16.4. The summed E-state index contributed by atoms with van der Waals surface area (Å²) in [6.07, 6.45) is 0.722. The van der Waals surface area contributed by atoms with E-state index >= 15 is 0 Å². The number of hydrogen-bond acceptors (Lipinski definition) is 3. The quantitative estimate of drug-likeness (QED) is 0.788. The minimum absolute atomic E-state index is 0.187. The van der Waals surface area contributed by atoms with E-state index in [-0.39, 0.29) is 5.69 Å². The average Bonchev–Trinajstić information content (AvgIpc) is 2.96. The molecule has 0 bridgehead atoms. The van der Waals surface area contributed by atoms with Gasteiger partial charge in [0.1, 0.15) is 5.69 Å². The molecule has 6 nitrogen and oxygen atoms in total. The van der Waals surface area contributed by atoms with Crippen molar-refractivity contribution in [3.63, 3.8) is 0 Å². The van der Waals surface area contributed by atoms with Crippen molar-refractivity contribution in [1.29, 1.82) is 0 Å². The number of carboxylic acids is 1. The number of nitrogens with zero attached hydrogens (tertiary/aromatic N) is 1. The van der Waals surface area contributed by atoms with Crippen LogP contribution in [0, 0.1) is 13.8 Å². The summed E-state index contributed by atoms with van der Waals surface area (Å²) in [7, 11) is 0. The first-order valence-corrected chi connectivity index (χ1v) is 7.07. The Morgan fingerprint density at radius 2 is 2.00 bits per heavy atom. The lowest BCUT2D eigenvalue weighted by atomic mass is 10.0. The molecular weight excluding hydrogens is 282 g/mol. The smallest absolute Gasteiger partial charge is 0.330 e. The third-order valence-corrected chi connectivity index (χ3v) is 3.63. The van der Waals surface area contributed by atoms with Crippen LogP contribution in [-0.4, -0.2) is 27.2 Å². The predicted octanol–water partition coefficient (Wildman–Crippen LogP) is 2.14. The van der Waals surface area contributed by atoms with E-state index in [1.54, 1.807) is 18.2 Å². The van der Waals surface area contributed by atoms with E-state index in [4.69, 9.17) is 0 Å². The molecule has 0 spiro atoms. The lowest BCUT2D eigenvalue weighted by Crippen LogP contribution is -2.34. The van der Waals surface area contributed by atoms with Crippen molar-refractivity contribution >= 4 is 11.9 Å². The number of aryl methyl sites for hydroxylation is 3. The van der Waals surface area contributed by atoms with Crippen LogP contribution >= 0.6 is 0 Å². The molecule has 1 amide bonds. The van der Waals surface area contributed by atoms with E-state index in [2.05, 4.69) is 15.5 Å². The number of aromatic nitrogens is 2. The molecule has 0 aliphatic rings. The van der Waals surface area contributed by atoms with Crippen molar-refractivity contribution < 1.29 is 14.7 Å². The summed E-state index contributed by atoms with van der Waals surface area (Å²) in [4.78, 5) is 23.6. The van der Waals surface area contributed by atoms with Crippen LogP contribution in [0.15, 0.2) is 24.3 Å². The Labute approximate surface area is 128 Å². The van der Waals surface area contributed by atoms with Crippen molar-refractivity contribution in [3.8, 4) is 0 Å². The van der Waals surface area contributed by atoms with Crippen LogP contribution in [0.25, 0.3) is 0 Å². The molecule has 1 atom stereocenters. The number of aliphatic carboxylic acids is 1. The molecule has 22 heavy (non-hydrogen) atoms. The number of benzene rings is 1. The number of carbonyl (C=O) groups is 2. The summed E-state index contributed by atoms with van der Waals surface area (Å²) >= 11 is 0. The van der Waals surface area contributed by atoms with Gasteiger partial charge in [-0.15, -0.1) is 0 Å². The SMILES string of the molecule is CCc1cc(C(=O)NC(C(=O)O)c2ccc(C)c(C)c2)n[nH]1. The first-order chi connectivity index (χ1) is 10.4. The van der Waals surface area contributed by atoms with Crippen LogP contribution in [0.4, 0.5) is 0 Å². The van der Waals surface area contributed by atoms with Crippen molar-refractivity contribution in [2.45, 2.75) is 33.2 Å². The molecule has 0 aliphatic carbocycles. The van der Waals surface area contributed by atoms with Gasteiger partial charge >= 0.3 is 5.97 Å². The maximum atomic E-state index is 12.2. The maximum Gasteiger partial charge on any atom is 0.330 e. The van der Waals surface area contributed by atoms with Gasteiger partial charge in [0.2, 0.25) is 0 Å². The highest BCUT2D eigenvalue weighted by Crippen LogP contribution is 2.18. The Morgan fingerprint density at radius 3 is 2.55 bits per heavy atom. The Balaban J connectivity index is 2.23. The Bertz CT molecular complexity index is 706. The van der Waals surface area contributed by atoms with Gasteiger partial charge in [-0.05, 0) is 43.0 Å². The Morgan fingerprint density at radius 1 is 1.27 bits per heavy atom. The van der Waals surface area contributed by atoms with Gasteiger partial charge < -0.3 is 10.4 Å². The number of carbonyl (C=O) groups excluding carboxylic acids is 1. The fourth-order valence-corrected chi connectivity index (χ4v) is 2.10. The van der Waals surface area contributed by atoms with Gasteiger partial charge in [-0.25, -0.2) is 4.79 Å². The van der Waals surface area contributed by atoms with Crippen LogP contribution in [0.1, 0.15) is 45.8 Å². The summed E-state index contributed by atoms with van der Waals surface area (Å²) < 4.78 is 0. The number of nitrogens with one attached hydrogen (secondary N) is 2. The fourth-order valence-electron chi connectivity index (χ4n) is 2.10. The molecule has 2 aromatic rings. The molecule has 3 N–H and O–H groups in total. The third kappa shape index (κ3) is 3.33. The van der Waals surface area contributed by atoms with Crippen LogP contribution in [0.5, 0.6) is 0 Å². The Hall–Kier alpha value is -2.63. The topological polar surface area (TPSA) is 95.1 Å². The lowest BCUT2D eigenvalue weighted by Gasteiger charge is -2.15. The average molecular weight is 301 g/mol. The van der Waals surface area contributed by atoms with Gasteiger partial charge in [0.15, 0.2) is 6.04 Å². The van der Waals surface area contributed by atoms with E-state index in [1.807, 2.05) is 26.8 Å². The number of aromatic amines is 1. The zero-order valence-corrected chi connectivity index (χ0v) is 12.8. The van der Waals surface area contributed by atoms with Gasteiger partial charge in [-0.1, -0.05) is 25.1 Å². The minimum Gasteiger partial charge on any atom is -0.479 e. The number of rotatable bonds is 5. The summed E-state index contributed by atoms with van der Waals surface area (Å²) in [5.41, 5.74) is 3.59. The van der Waals surface area contributed by atoms with Gasteiger partial charge in [0.25, 0.3) is 5.91 Å². The van der Waals surface area contributed by atoms with E-state index in [0.29, 0.717) is 5.56 Å². The highest BCUT2D eigenvalue weighted by Gasteiger charge is 2.24. The lowest BCUT2D eigenvalue weighted by molar-refractivity contribution is -0.139. The molecule has 1 aromatic carbocycles. The molecule has 0 aliphatic heterocycles. The fraction of sp³-hybridized carbons (Fsp3) is 0.312. The molecule has 6 heteroatoms. The van der Waals surface area contributed by atoms with Gasteiger partial charge in [0.05, 0.1) is 0 Å². The number of H-pyrrole nitrogens is 1. The number of carboxylic acid groups (broad SMARTS) is 1. The zero-order chi connectivity index (χ0) is 16.3. The summed E-state index contributed by atoms with van der Waals surface area (Å²) in [6.45, 7) is 5.79. The monoisotopic (exact) mass is 301 g/mol. The van der Waals surface area contributed by atoms with Crippen molar-refractivity contribution in [2.24, 2.45) is 0 Å². The van der Waals surface area contributed by atoms with Crippen molar-refractivity contribution in [1.82, 2.24) is 15.5 Å². The Kier molecular flexibility index (Phi) is 4.60. The molecule has 1 unspecified atom stereocenters. The predicted molar refractivity (Wildman–Crippen MR) is 81.7 cm³/mol. The van der Waals surface area contributed by atoms with Crippen molar-refractivity contribution in [3.05, 3.63) is 52.3 Å². The van der Waals surface area contributed by atoms with Crippen LogP contribution in [-0.2, 0) is 11.2 Å². The molecule has 2 rings (SSSR count). The molecule has 1 heterocycles. The second kappa shape index (κ2) is 6.43. The van der Waals surface area contributed by atoms with Gasteiger partial charge in [0, 0.05) is 5.69 Å². The van der Waals surface area contributed by atoms with E-state index in [1.165, 1.54) is 0 Å². The minimum atomic E-state index is -1.11. The van der Waals surface area contributed by atoms with Crippen molar-refractivity contribution in [2.75, 3.05) is 0 Å². The van der Waals surface area contributed by atoms with Gasteiger partial charge in [-0.2, -0.15) is 5.10 Å². The largest absolute Gasteiger partial charge is 0.479 e. The zero-order valence-electron chi connectivity index (χ0n) is 12.8. The van der Waals surface area contributed by atoms with E-state index < -0.39 is 17.9 Å². The first kappa shape index (κ1) is 15.8. The maximum absolute atomic E-state index is 12.2. The second-order valence-corrected chi connectivity index (χ2v) is 5.22. The van der Waals surface area contributed by atoms with Crippen LogP contribution in [0.2, 0.25) is 0 Å². The molecular formula is C16H19N3O3. The molecule has 1 aromatic heterocycles. The van der Waals surface area contributed by atoms with E-state index in [9.17, 15) is 14.7 Å². The normalized spacial score (nSPS) is 12.0. The van der Waals surface area contributed by atoms with Gasteiger partial charge in [-0.3, -0.25) is 9.89 Å². The molecule has 116 valence electrons. The van der Waals surface area contributed by atoms with Crippen LogP contribution < -0.4 is 5.32 Å². The second-order valence-electron chi connectivity index (χ2n) is 5.22. The standard InChI is InChI=1S/C16H19N3O3/c1-4-12-8-13(19-18-12)15(20)17-14(16(21)22)11-6-5-9(2)10(3)7-11/h5-8,14H,4H2,1-3H3,(H,17,20)(H,18,19)(H,21,22).